The van der Waals surface area contributed by atoms with Crippen LogP contribution in [0.2, 0.25) is 0 Å². The zero-order valence-corrected chi connectivity index (χ0v) is 18.5. The Morgan fingerprint density at radius 3 is 2.03 bits per heavy atom. The summed E-state index contributed by atoms with van der Waals surface area (Å²) in [7, 11) is 0. The molecule has 1 saturated heterocycles. The standard InChI is InChI=1S/C24H26FN3O5/c1-15(22(30)27-21-9-7-20(8-10-21)26-16(2)29)33-24(32)18-11-13-28(14-12-18)23(31)17-3-5-19(25)6-4-17/h3-10,15,18H,11-14H2,1-2H3,(H,26,29)(H,27,30)/t15-/m0/s1. The molecule has 1 atom stereocenters. The molecule has 1 aliphatic rings. The van der Waals surface area contributed by atoms with Crippen molar-refractivity contribution in [1.82, 2.24) is 4.90 Å². The molecule has 174 valence electrons. The van der Waals surface area contributed by atoms with Crippen LogP contribution in [0, 0.1) is 11.7 Å². The van der Waals surface area contributed by atoms with Crippen LogP contribution >= 0.6 is 0 Å². The van der Waals surface area contributed by atoms with Crippen LogP contribution in [0.25, 0.3) is 0 Å². The third-order valence-electron chi connectivity index (χ3n) is 5.34. The summed E-state index contributed by atoms with van der Waals surface area (Å²) in [5.74, 6) is -2.17. The average molecular weight is 455 g/mol. The van der Waals surface area contributed by atoms with Gasteiger partial charge >= 0.3 is 5.97 Å². The van der Waals surface area contributed by atoms with Gasteiger partial charge in [0.25, 0.3) is 11.8 Å². The Morgan fingerprint density at radius 1 is 0.939 bits per heavy atom. The molecule has 0 aromatic heterocycles. The molecule has 2 aromatic rings. The number of benzene rings is 2. The first kappa shape index (κ1) is 23.9. The highest BCUT2D eigenvalue weighted by molar-refractivity contribution is 5.96. The number of carbonyl (C=O) groups is 4. The van der Waals surface area contributed by atoms with E-state index in [9.17, 15) is 23.6 Å². The molecule has 3 amide bonds. The normalized spacial score (nSPS) is 14.8. The van der Waals surface area contributed by atoms with Gasteiger partial charge < -0.3 is 20.3 Å². The quantitative estimate of drug-likeness (QED) is 0.651. The lowest BCUT2D eigenvalue weighted by atomic mass is 9.96. The van der Waals surface area contributed by atoms with E-state index in [0.717, 1.165) is 0 Å². The maximum atomic E-state index is 13.1. The number of hydrogen-bond acceptors (Lipinski definition) is 5. The molecule has 0 bridgehead atoms. The molecule has 33 heavy (non-hydrogen) atoms. The molecular formula is C24H26FN3O5. The van der Waals surface area contributed by atoms with Gasteiger partial charge in [-0.15, -0.1) is 0 Å². The van der Waals surface area contributed by atoms with Gasteiger partial charge in [0, 0.05) is 37.0 Å². The molecule has 0 radical (unpaired) electrons. The van der Waals surface area contributed by atoms with E-state index in [-0.39, 0.29) is 11.8 Å². The molecule has 2 aromatic carbocycles. The van der Waals surface area contributed by atoms with Crippen LogP contribution in [-0.4, -0.2) is 47.8 Å². The second-order valence-electron chi connectivity index (χ2n) is 7.90. The highest BCUT2D eigenvalue weighted by Gasteiger charge is 2.30. The van der Waals surface area contributed by atoms with Gasteiger partial charge in [0.15, 0.2) is 6.10 Å². The van der Waals surface area contributed by atoms with Gasteiger partial charge in [0.05, 0.1) is 5.92 Å². The second-order valence-corrected chi connectivity index (χ2v) is 7.90. The van der Waals surface area contributed by atoms with Crippen molar-refractivity contribution in [3.8, 4) is 0 Å². The number of rotatable bonds is 6. The summed E-state index contributed by atoms with van der Waals surface area (Å²) in [5, 5.41) is 5.30. The summed E-state index contributed by atoms with van der Waals surface area (Å²) < 4.78 is 18.4. The van der Waals surface area contributed by atoms with Crippen molar-refractivity contribution < 1.29 is 28.3 Å². The minimum atomic E-state index is -0.994. The highest BCUT2D eigenvalue weighted by Crippen LogP contribution is 2.21. The van der Waals surface area contributed by atoms with Crippen LogP contribution in [-0.2, 0) is 19.1 Å². The third kappa shape index (κ3) is 6.61. The van der Waals surface area contributed by atoms with Crippen LogP contribution in [0.4, 0.5) is 15.8 Å². The first-order valence-corrected chi connectivity index (χ1v) is 10.7. The van der Waals surface area contributed by atoms with Gasteiger partial charge in [-0.1, -0.05) is 0 Å². The molecule has 8 nitrogen and oxygen atoms in total. The predicted octanol–water partition coefficient (Wildman–Crippen LogP) is 3.21. The lowest BCUT2D eigenvalue weighted by Gasteiger charge is -2.31. The minimum absolute atomic E-state index is 0.196. The Hall–Kier alpha value is -3.75. The SMILES string of the molecule is CC(=O)Nc1ccc(NC(=O)[C@H](C)OC(=O)C2CCN(C(=O)c3ccc(F)cc3)CC2)cc1. The summed E-state index contributed by atoms with van der Waals surface area (Å²) in [5.41, 5.74) is 1.50. The molecule has 3 rings (SSSR count). The summed E-state index contributed by atoms with van der Waals surface area (Å²) >= 11 is 0. The number of ether oxygens (including phenoxy) is 1. The Balaban J connectivity index is 1.46. The Morgan fingerprint density at radius 2 is 1.48 bits per heavy atom. The number of likely N-dealkylation sites (tertiary alicyclic amines) is 1. The molecule has 1 fully saturated rings. The van der Waals surface area contributed by atoms with Gasteiger partial charge in [-0.25, -0.2) is 4.39 Å². The Labute approximate surface area is 191 Å². The van der Waals surface area contributed by atoms with Crippen molar-refractivity contribution in [3.63, 3.8) is 0 Å². The molecule has 0 aliphatic carbocycles. The fourth-order valence-electron chi connectivity index (χ4n) is 3.50. The van der Waals surface area contributed by atoms with Crippen molar-refractivity contribution in [2.24, 2.45) is 5.92 Å². The summed E-state index contributed by atoms with van der Waals surface area (Å²) in [6, 6.07) is 11.9. The van der Waals surface area contributed by atoms with Crippen molar-refractivity contribution in [2.45, 2.75) is 32.8 Å². The number of halogens is 1. The fourth-order valence-corrected chi connectivity index (χ4v) is 3.50. The molecular weight excluding hydrogens is 429 g/mol. The topological polar surface area (TPSA) is 105 Å². The fraction of sp³-hybridized carbons (Fsp3) is 0.333. The van der Waals surface area contributed by atoms with Crippen molar-refractivity contribution in [3.05, 3.63) is 59.9 Å². The zero-order chi connectivity index (χ0) is 24.0. The summed E-state index contributed by atoms with van der Waals surface area (Å²) in [4.78, 5) is 50.1. The Kier molecular flexibility index (Phi) is 7.76. The van der Waals surface area contributed by atoms with Gasteiger partial charge in [-0.05, 0) is 68.3 Å². The average Bonchev–Trinajstić information content (AvgIpc) is 2.80. The molecule has 2 N–H and O–H groups in total. The smallest absolute Gasteiger partial charge is 0.309 e. The number of hydrogen-bond donors (Lipinski definition) is 2. The molecule has 0 saturated carbocycles. The monoisotopic (exact) mass is 455 g/mol. The van der Waals surface area contributed by atoms with E-state index in [4.69, 9.17) is 4.74 Å². The number of carbonyl (C=O) groups excluding carboxylic acids is 4. The Bertz CT molecular complexity index is 1020. The number of esters is 1. The van der Waals surface area contributed by atoms with Crippen LogP contribution in [0.15, 0.2) is 48.5 Å². The van der Waals surface area contributed by atoms with Gasteiger partial charge in [-0.3, -0.25) is 19.2 Å². The minimum Gasteiger partial charge on any atom is -0.452 e. The molecule has 9 heteroatoms. The first-order valence-electron chi connectivity index (χ1n) is 10.7. The molecule has 0 unspecified atom stereocenters. The van der Waals surface area contributed by atoms with E-state index in [0.29, 0.717) is 42.9 Å². The van der Waals surface area contributed by atoms with E-state index in [1.807, 2.05) is 0 Å². The summed E-state index contributed by atoms with van der Waals surface area (Å²) in [6.07, 6.45) is -0.151. The first-order chi connectivity index (χ1) is 15.7. The molecule has 1 aliphatic heterocycles. The number of nitrogens with one attached hydrogen (secondary N) is 2. The van der Waals surface area contributed by atoms with Crippen LogP contribution in [0.3, 0.4) is 0 Å². The van der Waals surface area contributed by atoms with Gasteiger partial charge in [0.2, 0.25) is 5.91 Å². The summed E-state index contributed by atoms with van der Waals surface area (Å²) in [6.45, 7) is 3.64. The highest BCUT2D eigenvalue weighted by atomic mass is 19.1. The van der Waals surface area contributed by atoms with Crippen molar-refractivity contribution in [2.75, 3.05) is 23.7 Å². The lowest BCUT2D eigenvalue weighted by molar-refractivity contribution is -0.158. The second kappa shape index (κ2) is 10.7. The number of anilines is 2. The van der Waals surface area contributed by atoms with E-state index in [1.165, 1.54) is 38.1 Å². The maximum absolute atomic E-state index is 13.1. The predicted molar refractivity (Wildman–Crippen MR) is 120 cm³/mol. The number of piperidine rings is 1. The molecule has 0 spiro atoms. The van der Waals surface area contributed by atoms with Crippen LogP contribution in [0.5, 0.6) is 0 Å². The van der Waals surface area contributed by atoms with E-state index >= 15 is 0 Å². The number of amides is 3. The molecule has 1 heterocycles. The van der Waals surface area contributed by atoms with Gasteiger partial charge in [0.1, 0.15) is 5.82 Å². The zero-order valence-electron chi connectivity index (χ0n) is 18.5. The maximum Gasteiger partial charge on any atom is 0.309 e. The van der Waals surface area contributed by atoms with Crippen LogP contribution < -0.4 is 10.6 Å². The lowest BCUT2D eigenvalue weighted by Crippen LogP contribution is -2.41. The van der Waals surface area contributed by atoms with Crippen molar-refractivity contribution >= 4 is 35.1 Å². The van der Waals surface area contributed by atoms with Gasteiger partial charge in [-0.2, -0.15) is 0 Å². The van der Waals surface area contributed by atoms with Crippen molar-refractivity contribution in [1.29, 1.82) is 0 Å². The number of nitrogens with zero attached hydrogens (tertiary/aromatic N) is 1. The van der Waals surface area contributed by atoms with E-state index in [1.54, 1.807) is 29.2 Å². The van der Waals surface area contributed by atoms with E-state index in [2.05, 4.69) is 10.6 Å². The van der Waals surface area contributed by atoms with E-state index < -0.39 is 29.7 Å². The third-order valence-corrected chi connectivity index (χ3v) is 5.34. The van der Waals surface area contributed by atoms with Crippen LogP contribution in [0.1, 0.15) is 37.0 Å². The largest absolute Gasteiger partial charge is 0.452 e.